The number of fused-ring (bicyclic) bond motifs is 1. The highest BCUT2D eigenvalue weighted by atomic mass is 35.5. The molecule has 2 aromatic heterocycles. The van der Waals surface area contributed by atoms with Crippen LogP contribution in [0.4, 0.5) is 0 Å². The first-order valence-electron chi connectivity index (χ1n) is 11.5. The van der Waals surface area contributed by atoms with Gasteiger partial charge < -0.3 is 14.9 Å². The summed E-state index contributed by atoms with van der Waals surface area (Å²) in [4.78, 5) is 22.5. The molecule has 7 nitrogen and oxygen atoms in total. The normalized spacial score (nSPS) is 16.4. The Bertz CT molecular complexity index is 1230. The lowest BCUT2D eigenvalue weighted by molar-refractivity contribution is -0.141. The van der Waals surface area contributed by atoms with Gasteiger partial charge in [0, 0.05) is 28.7 Å². The van der Waals surface area contributed by atoms with Gasteiger partial charge in [0.15, 0.2) is 5.01 Å². The van der Waals surface area contributed by atoms with Crippen LogP contribution >= 0.6 is 22.9 Å². The fourth-order valence-corrected chi connectivity index (χ4v) is 5.53. The van der Waals surface area contributed by atoms with Crippen molar-refractivity contribution < 1.29 is 19.7 Å². The molecule has 9 heteroatoms. The second-order valence-corrected chi connectivity index (χ2v) is 10.2. The largest absolute Gasteiger partial charge is 0.497 e. The predicted octanol–water partition coefficient (Wildman–Crippen LogP) is 4.78. The van der Waals surface area contributed by atoms with E-state index in [1.54, 1.807) is 19.5 Å². The summed E-state index contributed by atoms with van der Waals surface area (Å²) in [5.74, 6) is 6.08. The Morgan fingerprint density at radius 2 is 2.14 bits per heavy atom. The number of pyridine rings is 1. The van der Waals surface area contributed by atoms with E-state index in [9.17, 15) is 15.0 Å². The number of methoxy groups -OCH3 is 1. The number of nitrogens with zero attached hydrogens (tertiary/aromatic N) is 3. The third-order valence-corrected chi connectivity index (χ3v) is 7.71. The molecule has 0 aliphatic carbocycles. The third kappa shape index (κ3) is 6.30. The first-order valence-corrected chi connectivity index (χ1v) is 12.8. The fraction of sp³-hybridized carbons (Fsp3) is 0.423. The summed E-state index contributed by atoms with van der Waals surface area (Å²) in [5.41, 5.74) is 0.951. The number of aliphatic carboxylic acids is 1. The van der Waals surface area contributed by atoms with Crippen LogP contribution in [0.1, 0.15) is 48.8 Å². The topological polar surface area (TPSA) is 95.8 Å². The highest BCUT2D eigenvalue weighted by molar-refractivity contribution is 7.10. The Morgan fingerprint density at radius 1 is 1.34 bits per heavy atom. The second-order valence-electron chi connectivity index (χ2n) is 8.94. The van der Waals surface area contributed by atoms with Crippen molar-refractivity contribution in [3.63, 3.8) is 0 Å². The molecule has 0 unspecified atom stereocenters. The highest BCUT2D eigenvalue weighted by Crippen LogP contribution is 2.43. The lowest BCUT2D eigenvalue weighted by atomic mass is 9.71. The lowest BCUT2D eigenvalue weighted by Gasteiger charge is -2.41. The summed E-state index contributed by atoms with van der Waals surface area (Å²) in [5, 5.41) is 24.6. The van der Waals surface area contributed by atoms with Crippen molar-refractivity contribution in [2.24, 2.45) is 5.41 Å². The van der Waals surface area contributed by atoms with Crippen LogP contribution in [-0.4, -0.2) is 57.8 Å². The highest BCUT2D eigenvalue weighted by Gasteiger charge is 2.37. The predicted molar refractivity (Wildman–Crippen MR) is 137 cm³/mol. The number of thiazole rings is 1. The molecule has 1 atom stereocenters. The van der Waals surface area contributed by atoms with E-state index in [2.05, 4.69) is 26.7 Å². The maximum absolute atomic E-state index is 11.7. The van der Waals surface area contributed by atoms with Gasteiger partial charge in [0.05, 0.1) is 36.7 Å². The van der Waals surface area contributed by atoms with Crippen LogP contribution in [0.5, 0.6) is 5.75 Å². The zero-order chi connectivity index (χ0) is 24.8. The van der Waals surface area contributed by atoms with E-state index in [4.69, 9.17) is 16.3 Å². The number of aliphatic hydroxyl groups excluding tert-OH is 1. The number of rotatable bonds is 8. The monoisotopic (exact) mass is 513 g/mol. The van der Waals surface area contributed by atoms with E-state index in [-0.39, 0.29) is 11.8 Å². The molecule has 1 saturated heterocycles. The van der Waals surface area contributed by atoms with E-state index in [1.807, 2.05) is 23.6 Å². The van der Waals surface area contributed by atoms with Gasteiger partial charge in [-0.2, -0.15) is 0 Å². The third-order valence-electron chi connectivity index (χ3n) is 6.72. The van der Waals surface area contributed by atoms with Gasteiger partial charge in [-0.1, -0.05) is 17.5 Å². The van der Waals surface area contributed by atoms with Crippen LogP contribution in [0, 0.1) is 17.3 Å². The smallest absolute Gasteiger partial charge is 0.303 e. The average Bonchev–Trinajstić information content (AvgIpc) is 3.36. The van der Waals surface area contributed by atoms with Gasteiger partial charge in [0.2, 0.25) is 0 Å². The molecule has 0 amide bonds. The molecule has 0 bridgehead atoms. The number of carbonyl (C=O) groups is 1. The number of piperidine rings is 1. The molecular weight excluding hydrogens is 486 g/mol. The molecular formula is C26H28ClN3O4S. The number of aliphatic hydroxyl groups is 1. The van der Waals surface area contributed by atoms with Gasteiger partial charge in [0.1, 0.15) is 5.75 Å². The van der Waals surface area contributed by atoms with Gasteiger partial charge in [-0.15, -0.1) is 11.3 Å². The fourth-order valence-electron chi connectivity index (χ4n) is 4.75. The summed E-state index contributed by atoms with van der Waals surface area (Å²) < 4.78 is 5.34. The van der Waals surface area contributed by atoms with Crippen LogP contribution in [0.2, 0.25) is 5.02 Å². The summed E-state index contributed by atoms with van der Waals surface area (Å²) in [6.45, 7) is 2.17. The van der Waals surface area contributed by atoms with Gasteiger partial charge in [0.25, 0.3) is 0 Å². The SMILES string of the molecule is COc1ccc2ncc(Cl)c([C@H](O)CCC3(CC(=O)O)CCN(CC#Cc4nccs4)CC3)c2c1. The Balaban J connectivity index is 1.44. The van der Waals surface area contributed by atoms with E-state index in [0.717, 1.165) is 41.8 Å². The number of halogens is 1. The molecule has 0 radical (unpaired) electrons. The molecule has 35 heavy (non-hydrogen) atoms. The number of benzene rings is 1. The Kier molecular flexibility index (Phi) is 8.24. The average molecular weight is 514 g/mol. The van der Waals surface area contributed by atoms with Crippen molar-refractivity contribution in [2.45, 2.75) is 38.2 Å². The number of ether oxygens (including phenoxy) is 1. The van der Waals surface area contributed by atoms with Crippen molar-refractivity contribution >= 4 is 39.8 Å². The number of carboxylic acids is 1. The van der Waals surface area contributed by atoms with Crippen LogP contribution in [0.3, 0.4) is 0 Å². The number of carboxylic acid groups (broad SMARTS) is 1. The van der Waals surface area contributed by atoms with Gasteiger partial charge in [-0.3, -0.25) is 14.7 Å². The maximum Gasteiger partial charge on any atom is 0.303 e. The van der Waals surface area contributed by atoms with Crippen molar-refractivity contribution in [2.75, 3.05) is 26.7 Å². The van der Waals surface area contributed by atoms with Crippen molar-refractivity contribution in [3.8, 4) is 17.6 Å². The summed E-state index contributed by atoms with van der Waals surface area (Å²) in [7, 11) is 1.59. The van der Waals surface area contributed by atoms with Crippen molar-refractivity contribution in [1.29, 1.82) is 0 Å². The van der Waals surface area contributed by atoms with Crippen molar-refractivity contribution in [1.82, 2.24) is 14.9 Å². The number of hydrogen-bond acceptors (Lipinski definition) is 7. The molecule has 184 valence electrons. The Labute approximate surface area is 213 Å². The van der Waals surface area contributed by atoms with Crippen LogP contribution in [0.15, 0.2) is 36.0 Å². The van der Waals surface area contributed by atoms with E-state index in [0.29, 0.717) is 35.7 Å². The molecule has 1 aliphatic heterocycles. The zero-order valence-electron chi connectivity index (χ0n) is 19.5. The van der Waals surface area contributed by atoms with Crippen LogP contribution in [-0.2, 0) is 4.79 Å². The quantitative estimate of drug-likeness (QED) is 0.418. The Morgan fingerprint density at radius 3 is 2.83 bits per heavy atom. The molecule has 0 saturated carbocycles. The molecule has 3 heterocycles. The first-order chi connectivity index (χ1) is 16.9. The number of hydrogen-bond donors (Lipinski definition) is 2. The molecule has 1 aliphatic rings. The summed E-state index contributed by atoms with van der Waals surface area (Å²) >= 11 is 7.97. The first kappa shape index (κ1) is 25.4. The minimum absolute atomic E-state index is 0.0804. The second kappa shape index (κ2) is 11.4. The molecule has 1 fully saturated rings. The minimum atomic E-state index is -0.840. The zero-order valence-corrected chi connectivity index (χ0v) is 21.1. The number of aromatic nitrogens is 2. The lowest BCUT2D eigenvalue weighted by Crippen LogP contribution is -2.41. The number of likely N-dealkylation sites (tertiary alicyclic amines) is 1. The molecule has 3 aromatic rings. The summed E-state index contributed by atoms with van der Waals surface area (Å²) in [6, 6.07) is 5.47. The maximum atomic E-state index is 11.7. The summed E-state index contributed by atoms with van der Waals surface area (Å²) in [6.07, 6.45) is 5.00. The molecule has 1 aromatic carbocycles. The van der Waals surface area contributed by atoms with Gasteiger partial charge in [-0.25, -0.2) is 4.98 Å². The molecule has 4 rings (SSSR count). The van der Waals surface area contributed by atoms with E-state index >= 15 is 0 Å². The van der Waals surface area contributed by atoms with Gasteiger partial charge >= 0.3 is 5.97 Å². The van der Waals surface area contributed by atoms with Crippen LogP contribution < -0.4 is 4.74 Å². The van der Waals surface area contributed by atoms with Crippen LogP contribution in [0.25, 0.3) is 10.9 Å². The molecule has 2 N–H and O–H groups in total. The minimum Gasteiger partial charge on any atom is -0.497 e. The van der Waals surface area contributed by atoms with E-state index < -0.39 is 12.1 Å². The standard InChI is InChI=1S/C26H28ClN3O4S/c1-34-18-4-5-21-19(15-18)25(20(27)17-29-21)22(31)6-7-26(16-24(32)33)8-12-30(13-9-26)11-2-3-23-28-10-14-35-23/h4-5,10,14-15,17,22,31H,6-9,11-13,16H2,1H3,(H,32,33)/t22-/m1/s1. The van der Waals surface area contributed by atoms with Gasteiger partial charge in [-0.05, 0) is 68.3 Å². The molecule has 0 spiro atoms. The van der Waals surface area contributed by atoms with Crippen molar-refractivity contribution in [3.05, 3.63) is 51.6 Å². The Hall–Kier alpha value is -2.70. The van der Waals surface area contributed by atoms with E-state index in [1.165, 1.54) is 11.3 Å².